The predicted molar refractivity (Wildman–Crippen MR) is 99.9 cm³/mol. The van der Waals surface area contributed by atoms with E-state index in [1.54, 1.807) is 0 Å². The van der Waals surface area contributed by atoms with Gasteiger partial charge in [-0.3, -0.25) is 0 Å². The van der Waals surface area contributed by atoms with Gasteiger partial charge in [-0.2, -0.15) is 0 Å². The fourth-order valence-electron chi connectivity index (χ4n) is 2.71. The summed E-state index contributed by atoms with van der Waals surface area (Å²) < 4.78 is 8.80. The van der Waals surface area contributed by atoms with E-state index in [0.29, 0.717) is 6.61 Å². The van der Waals surface area contributed by atoms with Crippen LogP contribution in [-0.4, -0.2) is 21.6 Å². The van der Waals surface area contributed by atoms with Crippen molar-refractivity contribution in [3.8, 4) is 0 Å². The van der Waals surface area contributed by atoms with Crippen molar-refractivity contribution in [1.82, 2.24) is 15.0 Å². The molecule has 0 unspecified atom stereocenters. The molecule has 0 saturated heterocycles. The van der Waals surface area contributed by atoms with Crippen LogP contribution in [0.5, 0.6) is 0 Å². The SMILES string of the molecule is Cc1c(Br)ccc2c1nnn2CCCCCOCc1ccccc1. The highest BCUT2D eigenvalue weighted by molar-refractivity contribution is 9.10. The summed E-state index contributed by atoms with van der Waals surface area (Å²) in [5, 5.41) is 8.58. The van der Waals surface area contributed by atoms with Gasteiger partial charge in [-0.15, -0.1) is 5.10 Å². The molecule has 24 heavy (non-hydrogen) atoms. The number of nitrogens with zero attached hydrogens (tertiary/aromatic N) is 3. The van der Waals surface area contributed by atoms with Gasteiger partial charge in [-0.1, -0.05) is 51.5 Å². The summed E-state index contributed by atoms with van der Waals surface area (Å²) >= 11 is 3.54. The Bertz CT molecular complexity index is 786. The van der Waals surface area contributed by atoms with Crippen molar-refractivity contribution in [2.45, 2.75) is 39.3 Å². The highest BCUT2D eigenvalue weighted by Crippen LogP contribution is 2.23. The molecule has 0 amide bonds. The number of aromatic nitrogens is 3. The summed E-state index contributed by atoms with van der Waals surface area (Å²) in [6.07, 6.45) is 3.29. The molecule has 0 aliphatic heterocycles. The van der Waals surface area contributed by atoms with E-state index in [1.165, 1.54) is 5.56 Å². The highest BCUT2D eigenvalue weighted by Gasteiger charge is 2.08. The molecule has 1 aromatic heterocycles. The second-order valence-electron chi connectivity index (χ2n) is 5.95. The average Bonchev–Trinajstić information content (AvgIpc) is 3.02. The summed E-state index contributed by atoms with van der Waals surface area (Å²) in [6, 6.07) is 14.4. The van der Waals surface area contributed by atoms with Crippen molar-refractivity contribution >= 4 is 27.0 Å². The van der Waals surface area contributed by atoms with E-state index < -0.39 is 0 Å². The first-order valence-electron chi connectivity index (χ1n) is 8.35. The number of ether oxygens (including phenoxy) is 1. The molecule has 0 aliphatic rings. The normalized spacial score (nSPS) is 11.2. The van der Waals surface area contributed by atoms with Gasteiger partial charge in [-0.05, 0) is 49.4 Å². The van der Waals surface area contributed by atoms with Crippen LogP contribution >= 0.6 is 15.9 Å². The van der Waals surface area contributed by atoms with E-state index in [0.717, 1.165) is 53.5 Å². The molecule has 0 fully saturated rings. The van der Waals surface area contributed by atoms with Crippen LogP contribution in [0.3, 0.4) is 0 Å². The fourth-order valence-corrected chi connectivity index (χ4v) is 3.03. The molecule has 0 atom stereocenters. The Morgan fingerprint density at radius 2 is 1.88 bits per heavy atom. The second-order valence-corrected chi connectivity index (χ2v) is 6.81. The van der Waals surface area contributed by atoms with E-state index in [4.69, 9.17) is 4.74 Å². The summed E-state index contributed by atoms with van der Waals surface area (Å²) in [7, 11) is 0. The van der Waals surface area contributed by atoms with Crippen LogP contribution in [0.2, 0.25) is 0 Å². The van der Waals surface area contributed by atoms with E-state index in [9.17, 15) is 0 Å². The van der Waals surface area contributed by atoms with Gasteiger partial charge in [-0.25, -0.2) is 4.68 Å². The van der Waals surface area contributed by atoms with Crippen molar-refractivity contribution in [1.29, 1.82) is 0 Å². The Kier molecular flexibility index (Phi) is 5.99. The topological polar surface area (TPSA) is 39.9 Å². The molecular weight excluding hydrogens is 366 g/mol. The van der Waals surface area contributed by atoms with Crippen LogP contribution in [-0.2, 0) is 17.9 Å². The maximum atomic E-state index is 5.72. The molecule has 0 N–H and O–H groups in total. The number of aryl methyl sites for hydroxylation is 2. The van der Waals surface area contributed by atoms with Crippen molar-refractivity contribution in [2.24, 2.45) is 0 Å². The summed E-state index contributed by atoms with van der Waals surface area (Å²) in [6.45, 7) is 4.47. The van der Waals surface area contributed by atoms with Gasteiger partial charge in [0, 0.05) is 17.6 Å². The minimum atomic E-state index is 0.697. The van der Waals surface area contributed by atoms with Crippen molar-refractivity contribution < 1.29 is 4.74 Å². The molecule has 0 spiro atoms. The van der Waals surface area contributed by atoms with Gasteiger partial charge in [0.25, 0.3) is 0 Å². The van der Waals surface area contributed by atoms with Gasteiger partial charge in [0.05, 0.1) is 12.1 Å². The minimum absolute atomic E-state index is 0.697. The number of halogens is 1. The zero-order valence-corrected chi connectivity index (χ0v) is 15.5. The molecule has 0 bridgehead atoms. The quantitative estimate of drug-likeness (QED) is 0.516. The standard InChI is InChI=1S/C19H22BrN3O/c1-15-17(20)10-11-18-19(15)21-22-23(18)12-6-3-7-13-24-14-16-8-4-2-5-9-16/h2,4-5,8-11H,3,6-7,12-14H2,1H3. The first-order chi connectivity index (χ1) is 11.8. The van der Waals surface area contributed by atoms with Crippen LogP contribution in [0.15, 0.2) is 46.9 Å². The molecule has 0 radical (unpaired) electrons. The highest BCUT2D eigenvalue weighted by atomic mass is 79.9. The first-order valence-corrected chi connectivity index (χ1v) is 9.15. The maximum Gasteiger partial charge on any atom is 0.117 e. The Hall–Kier alpha value is -1.72. The third-order valence-electron chi connectivity index (χ3n) is 4.14. The lowest BCUT2D eigenvalue weighted by Gasteiger charge is -2.05. The molecule has 3 rings (SSSR count). The zero-order chi connectivity index (χ0) is 16.8. The predicted octanol–water partition coefficient (Wildman–Crippen LogP) is 4.89. The van der Waals surface area contributed by atoms with Gasteiger partial charge >= 0.3 is 0 Å². The number of rotatable bonds is 8. The number of benzene rings is 2. The van der Waals surface area contributed by atoms with Crippen LogP contribution in [0, 0.1) is 6.92 Å². The molecule has 2 aromatic carbocycles. The zero-order valence-electron chi connectivity index (χ0n) is 13.9. The van der Waals surface area contributed by atoms with Gasteiger partial charge in [0.15, 0.2) is 0 Å². The lowest BCUT2D eigenvalue weighted by atomic mass is 10.2. The Labute approximate surface area is 151 Å². The van der Waals surface area contributed by atoms with Crippen LogP contribution in [0.1, 0.15) is 30.4 Å². The number of fused-ring (bicyclic) bond motifs is 1. The Morgan fingerprint density at radius 1 is 1.04 bits per heavy atom. The van der Waals surface area contributed by atoms with Crippen molar-refractivity contribution in [3.05, 3.63) is 58.1 Å². The monoisotopic (exact) mass is 387 g/mol. The van der Waals surface area contributed by atoms with E-state index in [1.807, 2.05) is 22.9 Å². The first kappa shape index (κ1) is 17.1. The van der Waals surface area contributed by atoms with Gasteiger partial charge < -0.3 is 4.74 Å². The average molecular weight is 388 g/mol. The Morgan fingerprint density at radius 3 is 2.71 bits per heavy atom. The molecule has 0 aliphatic carbocycles. The van der Waals surface area contributed by atoms with Gasteiger partial charge in [0.2, 0.25) is 0 Å². The molecule has 3 aromatic rings. The molecule has 1 heterocycles. The minimum Gasteiger partial charge on any atom is -0.377 e. The number of hydrogen-bond donors (Lipinski definition) is 0. The van der Waals surface area contributed by atoms with Crippen molar-refractivity contribution in [3.63, 3.8) is 0 Å². The molecule has 4 nitrogen and oxygen atoms in total. The van der Waals surface area contributed by atoms with E-state index in [2.05, 4.69) is 57.4 Å². The fraction of sp³-hybridized carbons (Fsp3) is 0.368. The molecular formula is C19H22BrN3O. The van der Waals surface area contributed by atoms with Crippen LogP contribution in [0.4, 0.5) is 0 Å². The Balaban J connectivity index is 1.39. The molecule has 5 heteroatoms. The summed E-state index contributed by atoms with van der Waals surface area (Å²) in [5.74, 6) is 0. The van der Waals surface area contributed by atoms with Crippen LogP contribution in [0.25, 0.3) is 11.0 Å². The maximum absolute atomic E-state index is 5.72. The smallest absolute Gasteiger partial charge is 0.117 e. The van der Waals surface area contributed by atoms with E-state index in [-0.39, 0.29) is 0 Å². The number of unbranched alkanes of at least 4 members (excludes halogenated alkanes) is 2. The molecule has 126 valence electrons. The van der Waals surface area contributed by atoms with Crippen LogP contribution < -0.4 is 0 Å². The lowest BCUT2D eigenvalue weighted by molar-refractivity contribution is 0.116. The van der Waals surface area contributed by atoms with Gasteiger partial charge in [0.1, 0.15) is 5.52 Å². The summed E-state index contributed by atoms with van der Waals surface area (Å²) in [5.41, 5.74) is 4.47. The lowest BCUT2D eigenvalue weighted by Crippen LogP contribution is -2.01. The third-order valence-corrected chi connectivity index (χ3v) is 5.00. The largest absolute Gasteiger partial charge is 0.377 e. The number of hydrogen-bond acceptors (Lipinski definition) is 3. The third kappa shape index (κ3) is 4.22. The van der Waals surface area contributed by atoms with E-state index >= 15 is 0 Å². The second kappa shape index (κ2) is 8.40. The summed E-state index contributed by atoms with van der Waals surface area (Å²) in [4.78, 5) is 0. The molecule has 0 saturated carbocycles. The van der Waals surface area contributed by atoms with Crippen molar-refractivity contribution in [2.75, 3.05) is 6.61 Å².